The van der Waals surface area contributed by atoms with Crippen LogP contribution in [0.5, 0.6) is 0 Å². The predicted molar refractivity (Wildman–Crippen MR) is 155 cm³/mol. The van der Waals surface area contributed by atoms with Crippen molar-refractivity contribution in [3.8, 4) is 0 Å². The minimum absolute atomic E-state index is 0.382. The fourth-order valence-corrected chi connectivity index (χ4v) is 4.14. The maximum atomic E-state index is 5.68. The Balaban J connectivity index is 0.000000235. The summed E-state index contributed by atoms with van der Waals surface area (Å²) in [7, 11) is 9.47. The average molecular weight is 715 g/mol. The summed E-state index contributed by atoms with van der Waals surface area (Å²) in [6.45, 7) is 1.59. The van der Waals surface area contributed by atoms with Crippen molar-refractivity contribution in [1.29, 1.82) is 0 Å². The molecule has 15 heteroatoms. The average Bonchev–Trinajstić information content (AvgIpc) is 3.44. The van der Waals surface area contributed by atoms with Crippen LogP contribution in [0, 0.1) is 0 Å². The Morgan fingerprint density at radius 2 is 0.946 bits per heavy atom. The van der Waals surface area contributed by atoms with Gasteiger partial charge in [0.15, 0.2) is 7.59 Å². The first-order chi connectivity index (χ1) is 17.5. The molecule has 2 heterocycles. The number of unbranched alkanes of at least 4 members (excludes halogenated alkanes) is 2. The molecule has 0 radical (unpaired) electrons. The quantitative estimate of drug-likeness (QED) is 0.135. The van der Waals surface area contributed by atoms with E-state index in [0.29, 0.717) is 25.7 Å². The number of rotatable bonds is 8. The predicted octanol–water partition coefficient (Wildman–Crippen LogP) is 9.32. The topological polar surface area (TPSA) is 61.4 Å². The molecule has 0 bridgehead atoms. The van der Waals surface area contributed by atoms with E-state index in [-0.39, 0.29) is 0 Å². The van der Waals surface area contributed by atoms with Crippen molar-refractivity contribution in [3.05, 3.63) is 48.5 Å². The Morgan fingerprint density at radius 1 is 0.595 bits per heavy atom. The number of aryl methyl sites for hydroxylation is 2. The van der Waals surface area contributed by atoms with Crippen LogP contribution in [0.25, 0.3) is 22.1 Å². The second kappa shape index (κ2) is 17.0. The molecule has 0 fully saturated rings. The number of halogens is 8. The van der Waals surface area contributed by atoms with Crippen LogP contribution in [-0.4, -0.2) is 37.6 Å². The first kappa shape index (κ1) is 33.3. The summed E-state index contributed by atoms with van der Waals surface area (Å²) in [4.78, 5) is 0. The number of nitrogens with zero attached hydrogens (tertiary/aromatic N) is 6. The number of hydrogen-bond acceptors (Lipinski definition) is 4. The summed E-state index contributed by atoms with van der Waals surface area (Å²) in [6, 6.07) is 15.7. The first-order valence-corrected chi connectivity index (χ1v) is 16.2. The Morgan fingerprint density at radius 3 is 1.30 bits per heavy atom. The molecule has 4 rings (SSSR count). The molecule has 0 aliphatic rings. The van der Waals surface area contributed by atoms with Crippen molar-refractivity contribution >= 4 is 112 Å². The molecule has 6 nitrogen and oxygen atoms in total. The molecule has 0 unspecified atom stereocenters. The molecule has 37 heavy (non-hydrogen) atoms. The molecule has 0 saturated carbocycles. The van der Waals surface area contributed by atoms with Gasteiger partial charge in [0.05, 0.1) is 11.0 Å². The van der Waals surface area contributed by atoms with Crippen molar-refractivity contribution < 1.29 is 12.9 Å². The molecule has 0 N–H and O–H groups in total. The van der Waals surface area contributed by atoms with Crippen molar-refractivity contribution in [2.75, 3.05) is 0 Å². The second-order valence-electron chi connectivity index (χ2n) is 7.79. The summed E-state index contributed by atoms with van der Waals surface area (Å²) in [6.07, 6.45) is 4.66. The van der Waals surface area contributed by atoms with Crippen LogP contribution in [0.2, 0.25) is 0 Å². The molecule has 4 aromatic rings. The van der Waals surface area contributed by atoms with Gasteiger partial charge in [0.25, 0.3) is 0 Å². The number of para-hydroxylation sites is 2. The summed E-state index contributed by atoms with van der Waals surface area (Å²) < 4.78 is 1.47. The zero-order valence-electron chi connectivity index (χ0n) is 19.3. The number of fused-ring (bicyclic) bond motifs is 2. The Kier molecular flexibility index (Phi) is 15.3. The van der Waals surface area contributed by atoms with Gasteiger partial charge in [-0.3, -0.25) is 0 Å². The van der Waals surface area contributed by atoms with Crippen LogP contribution in [-0.2, 0) is 26.0 Å². The minimum atomic E-state index is -1.15. The van der Waals surface area contributed by atoms with Gasteiger partial charge >= 0.3 is 33.2 Å². The number of hydrogen-bond donors (Lipinski definition) is 0. The summed E-state index contributed by atoms with van der Waals surface area (Å²) >= 11 is 34.5. The van der Waals surface area contributed by atoms with E-state index in [1.807, 2.05) is 57.9 Å². The monoisotopic (exact) mass is 711 g/mol. The number of alkyl halides is 6. The van der Waals surface area contributed by atoms with Gasteiger partial charge in [-0.2, -0.15) is 0 Å². The Labute approximate surface area is 260 Å². The molecule has 2 aromatic heterocycles. The zero-order chi connectivity index (χ0) is 27.3. The van der Waals surface area contributed by atoms with Crippen LogP contribution in [0.4, 0.5) is 0 Å². The third-order valence-corrected chi connectivity index (χ3v) is 6.13. The van der Waals surface area contributed by atoms with E-state index in [9.17, 15) is 0 Å². The fourth-order valence-electron chi connectivity index (χ4n) is 3.34. The van der Waals surface area contributed by atoms with Crippen LogP contribution < -0.4 is 0 Å². The van der Waals surface area contributed by atoms with Crippen LogP contribution >= 0.6 is 89.9 Å². The standard InChI is InChI=1S/2C11H12Cl3N3.2ClH.Co/c2*12-11(13,14)7-3-4-8-17-10-6-2-1-5-9(10)15-16-17;;;/h2*1-2,5-6H,3-4,7-8H2;2*1H;/q;;;;+2/p-2. The molecule has 0 aliphatic carbocycles. The zero-order valence-corrected chi connectivity index (χ0v) is 26.4. The van der Waals surface area contributed by atoms with Gasteiger partial charge in [0.2, 0.25) is 0 Å². The SMILES string of the molecule is ClC(Cl)(Cl)CCCCn1nnc2ccccc21.ClC(Cl)(Cl)CCCCn1nnc2ccccc21.[Cl][Co][Cl]. The van der Waals surface area contributed by atoms with Gasteiger partial charge < -0.3 is 0 Å². The molecular weight excluding hydrogens is 691 g/mol. The van der Waals surface area contributed by atoms with Gasteiger partial charge in [0.1, 0.15) is 11.0 Å². The summed E-state index contributed by atoms with van der Waals surface area (Å²) in [5.74, 6) is 0. The van der Waals surface area contributed by atoms with Gasteiger partial charge in [0, 0.05) is 13.1 Å². The van der Waals surface area contributed by atoms with Crippen LogP contribution in [0.1, 0.15) is 38.5 Å². The van der Waals surface area contributed by atoms with E-state index in [1.54, 1.807) is 0 Å². The third kappa shape index (κ3) is 13.3. The Hall–Kier alpha value is 0.0665. The molecule has 0 atom stereocenters. The van der Waals surface area contributed by atoms with Crippen LogP contribution in [0.15, 0.2) is 48.5 Å². The Bertz CT molecular complexity index is 1100. The molecule has 0 aliphatic heterocycles. The number of aromatic nitrogens is 6. The molecule has 0 amide bonds. The van der Waals surface area contributed by atoms with Crippen molar-refractivity contribution in [1.82, 2.24) is 30.0 Å². The number of benzene rings is 2. The van der Waals surface area contributed by atoms with E-state index >= 15 is 0 Å². The molecule has 0 saturated heterocycles. The van der Waals surface area contributed by atoms with Crippen molar-refractivity contribution in [2.24, 2.45) is 0 Å². The summed E-state index contributed by atoms with van der Waals surface area (Å²) in [5, 5.41) is 16.4. The van der Waals surface area contributed by atoms with Crippen molar-refractivity contribution in [3.63, 3.8) is 0 Å². The third-order valence-electron chi connectivity index (χ3n) is 5.00. The summed E-state index contributed by atoms with van der Waals surface area (Å²) in [5.41, 5.74) is 3.91. The van der Waals surface area contributed by atoms with Gasteiger partial charge in [-0.05, 0) is 62.8 Å². The fraction of sp³-hybridized carbons (Fsp3) is 0.455. The molecule has 2 aromatic carbocycles. The van der Waals surface area contributed by atoms with E-state index in [4.69, 9.17) is 89.9 Å². The molecular formula is C22H24Cl8CoN6. The normalized spacial score (nSPS) is 11.8. The van der Waals surface area contributed by atoms with Crippen LogP contribution in [0.3, 0.4) is 0 Å². The van der Waals surface area contributed by atoms with E-state index in [1.165, 1.54) is 0 Å². The second-order valence-corrected chi connectivity index (χ2v) is 14.5. The first-order valence-electron chi connectivity index (χ1n) is 11.1. The van der Waals surface area contributed by atoms with Gasteiger partial charge in [-0.15, -0.1) is 10.2 Å². The van der Waals surface area contributed by atoms with Crippen molar-refractivity contribution in [2.45, 2.75) is 59.2 Å². The maximum absolute atomic E-state index is 5.68. The van der Waals surface area contributed by atoms with E-state index in [0.717, 1.165) is 60.8 Å². The van der Waals surface area contributed by atoms with Gasteiger partial charge in [-0.1, -0.05) is 104 Å². The van der Waals surface area contributed by atoms with E-state index in [2.05, 4.69) is 20.6 Å². The molecule has 0 spiro atoms. The molecule has 207 valence electrons. The van der Waals surface area contributed by atoms with Gasteiger partial charge in [-0.25, -0.2) is 9.36 Å². The van der Waals surface area contributed by atoms with E-state index < -0.39 is 7.59 Å².